The number of carbonyl (C=O) groups is 1. The first-order valence-corrected chi connectivity index (χ1v) is 6.00. The predicted molar refractivity (Wildman–Crippen MR) is 67.1 cm³/mol. The molecule has 0 spiro atoms. The van der Waals surface area contributed by atoms with Crippen LogP contribution in [0.1, 0.15) is 19.3 Å². The predicted octanol–water partition coefficient (Wildman–Crippen LogP) is 2.11. The maximum absolute atomic E-state index is 11.9. The van der Waals surface area contributed by atoms with Crippen LogP contribution in [-0.2, 0) is 4.79 Å². The van der Waals surface area contributed by atoms with E-state index in [9.17, 15) is 9.90 Å². The van der Waals surface area contributed by atoms with E-state index in [1.165, 1.54) is 12.1 Å². The molecule has 0 saturated heterocycles. The van der Waals surface area contributed by atoms with E-state index in [4.69, 9.17) is 17.3 Å². The Labute approximate surface area is 105 Å². The van der Waals surface area contributed by atoms with Gasteiger partial charge >= 0.3 is 0 Å². The number of benzene rings is 1. The maximum atomic E-state index is 11.9. The second kappa shape index (κ2) is 4.94. The number of anilines is 1. The van der Waals surface area contributed by atoms with Gasteiger partial charge < -0.3 is 16.2 Å². The molecule has 1 aromatic carbocycles. The van der Waals surface area contributed by atoms with E-state index >= 15 is 0 Å². The number of hydrogen-bond acceptors (Lipinski definition) is 3. The largest absolute Gasteiger partial charge is 0.506 e. The zero-order valence-electron chi connectivity index (χ0n) is 9.32. The summed E-state index contributed by atoms with van der Waals surface area (Å²) in [6.07, 6.45) is 2.73. The Kier molecular flexibility index (Phi) is 3.54. The van der Waals surface area contributed by atoms with Crippen molar-refractivity contribution < 1.29 is 9.90 Å². The molecule has 1 amide bonds. The zero-order valence-corrected chi connectivity index (χ0v) is 10.1. The Morgan fingerprint density at radius 3 is 2.82 bits per heavy atom. The number of nitrogens with two attached hydrogens (primary N) is 1. The molecule has 1 aromatic rings. The summed E-state index contributed by atoms with van der Waals surface area (Å²) in [5.74, 6) is -0.193. The summed E-state index contributed by atoms with van der Waals surface area (Å²) in [6.45, 7) is 0. The molecule has 0 bridgehead atoms. The van der Waals surface area contributed by atoms with Crippen LogP contribution in [0.15, 0.2) is 18.2 Å². The minimum atomic E-state index is -0.123. The molecule has 1 aliphatic carbocycles. The Morgan fingerprint density at radius 2 is 2.24 bits per heavy atom. The van der Waals surface area contributed by atoms with Crippen LogP contribution in [0.4, 0.5) is 5.69 Å². The third-order valence-electron chi connectivity index (χ3n) is 3.12. The number of hydrogen-bond donors (Lipinski definition) is 3. The van der Waals surface area contributed by atoms with Crippen LogP contribution in [0.5, 0.6) is 5.75 Å². The highest BCUT2D eigenvalue weighted by atomic mass is 35.5. The van der Waals surface area contributed by atoms with Crippen LogP contribution < -0.4 is 11.1 Å². The smallest absolute Gasteiger partial charge is 0.229 e. The van der Waals surface area contributed by atoms with Crippen molar-refractivity contribution in [2.24, 2.45) is 11.7 Å². The van der Waals surface area contributed by atoms with Crippen molar-refractivity contribution in [3.8, 4) is 5.75 Å². The van der Waals surface area contributed by atoms with Gasteiger partial charge in [0.25, 0.3) is 0 Å². The van der Waals surface area contributed by atoms with Crippen LogP contribution in [0.2, 0.25) is 5.02 Å². The van der Waals surface area contributed by atoms with Crippen molar-refractivity contribution in [3.63, 3.8) is 0 Å². The molecule has 1 saturated carbocycles. The van der Waals surface area contributed by atoms with E-state index in [0.29, 0.717) is 5.69 Å². The molecule has 1 fully saturated rings. The lowest BCUT2D eigenvalue weighted by Crippen LogP contribution is -2.34. The SMILES string of the molecule is NC1CCCC1C(=O)Nc1ccc(O)c(Cl)c1. The molecule has 1 aliphatic rings. The Hall–Kier alpha value is -1.26. The summed E-state index contributed by atoms with van der Waals surface area (Å²) in [5, 5.41) is 12.3. The van der Waals surface area contributed by atoms with Crippen molar-refractivity contribution in [2.75, 3.05) is 5.32 Å². The van der Waals surface area contributed by atoms with E-state index in [1.54, 1.807) is 6.07 Å². The normalized spacial score (nSPS) is 23.6. The molecule has 2 atom stereocenters. The quantitative estimate of drug-likeness (QED) is 0.708. The van der Waals surface area contributed by atoms with Gasteiger partial charge in [-0.3, -0.25) is 4.79 Å². The van der Waals surface area contributed by atoms with Crippen LogP contribution >= 0.6 is 11.6 Å². The second-order valence-electron chi connectivity index (χ2n) is 4.36. The van der Waals surface area contributed by atoms with Gasteiger partial charge in [0.1, 0.15) is 5.75 Å². The molecule has 0 heterocycles. The molecule has 4 nitrogen and oxygen atoms in total. The third kappa shape index (κ3) is 2.70. The minimum Gasteiger partial charge on any atom is -0.506 e. The second-order valence-corrected chi connectivity index (χ2v) is 4.76. The molecular weight excluding hydrogens is 240 g/mol. The van der Waals surface area contributed by atoms with E-state index < -0.39 is 0 Å². The van der Waals surface area contributed by atoms with Gasteiger partial charge in [0.15, 0.2) is 0 Å². The Bertz CT molecular complexity index is 437. The van der Waals surface area contributed by atoms with E-state index in [2.05, 4.69) is 5.32 Å². The molecule has 2 unspecified atom stereocenters. The van der Waals surface area contributed by atoms with Crippen LogP contribution in [0, 0.1) is 5.92 Å². The van der Waals surface area contributed by atoms with Crippen molar-refractivity contribution >= 4 is 23.2 Å². The first-order chi connectivity index (χ1) is 8.08. The number of phenolic OH excluding ortho intramolecular Hbond substituents is 1. The summed E-state index contributed by atoms with van der Waals surface area (Å²) < 4.78 is 0. The van der Waals surface area contributed by atoms with Crippen LogP contribution in [-0.4, -0.2) is 17.1 Å². The van der Waals surface area contributed by atoms with Gasteiger partial charge in [-0.15, -0.1) is 0 Å². The number of halogens is 1. The molecule has 2 rings (SSSR count). The lowest BCUT2D eigenvalue weighted by Gasteiger charge is -2.15. The summed E-state index contributed by atoms with van der Waals surface area (Å²) >= 11 is 5.76. The average Bonchev–Trinajstić information content (AvgIpc) is 2.70. The maximum Gasteiger partial charge on any atom is 0.229 e. The summed E-state index contributed by atoms with van der Waals surface area (Å²) in [6, 6.07) is 4.53. The first-order valence-electron chi connectivity index (χ1n) is 5.63. The lowest BCUT2D eigenvalue weighted by molar-refractivity contribution is -0.120. The third-order valence-corrected chi connectivity index (χ3v) is 3.42. The number of carbonyl (C=O) groups excluding carboxylic acids is 1. The van der Waals surface area contributed by atoms with Crippen molar-refractivity contribution in [2.45, 2.75) is 25.3 Å². The van der Waals surface area contributed by atoms with E-state index in [-0.39, 0.29) is 28.6 Å². The fourth-order valence-electron chi connectivity index (χ4n) is 2.13. The van der Waals surface area contributed by atoms with Gasteiger partial charge in [-0.1, -0.05) is 18.0 Å². The van der Waals surface area contributed by atoms with Gasteiger partial charge in [-0.2, -0.15) is 0 Å². The molecule has 5 heteroatoms. The number of aromatic hydroxyl groups is 1. The first kappa shape index (κ1) is 12.2. The zero-order chi connectivity index (χ0) is 12.4. The number of rotatable bonds is 2. The summed E-state index contributed by atoms with van der Waals surface area (Å²) in [7, 11) is 0. The number of amides is 1. The van der Waals surface area contributed by atoms with Crippen LogP contribution in [0.25, 0.3) is 0 Å². The lowest BCUT2D eigenvalue weighted by atomic mass is 10.0. The van der Waals surface area contributed by atoms with Crippen molar-refractivity contribution in [1.29, 1.82) is 0 Å². The van der Waals surface area contributed by atoms with E-state index in [0.717, 1.165) is 19.3 Å². The van der Waals surface area contributed by atoms with Gasteiger partial charge in [-0.05, 0) is 31.0 Å². The summed E-state index contributed by atoms with van der Waals surface area (Å²) in [5.41, 5.74) is 6.44. The fourth-order valence-corrected chi connectivity index (χ4v) is 2.31. The van der Waals surface area contributed by atoms with E-state index in [1.807, 2.05) is 0 Å². The standard InChI is InChI=1S/C12H15ClN2O2/c13-9-6-7(4-5-11(9)16)15-12(17)8-2-1-3-10(8)14/h4-6,8,10,16H,1-3,14H2,(H,15,17). The molecule has 4 N–H and O–H groups in total. The summed E-state index contributed by atoms with van der Waals surface area (Å²) in [4.78, 5) is 11.9. The van der Waals surface area contributed by atoms with Gasteiger partial charge in [0.05, 0.1) is 10.9 Å². The number of phenols is 1. The topological polar surface area (TPSA) is 75.4 Å². The molecule has 17 heavy (non-hydrogen) atoms. The molecule has 0 aliphatic heterocycles. The average molecular weight is 255 g/mol. The van der Waals surface area contributed by atoms with Crippen molar-refractivity contribution in [3.05, 3.63) is 23.2 Å². The minimum absolute atomic E-state index is 0.00207. The highest BCUT2D eigenvalue weighted by molar-refractivity contribution is 6.32. The molecule has 0 aromatic heterocycles. The molecule has 0 radical (unpaired) electrons. The Morgan fingerprint density at radius 1 is 1.47 bits per heavy atom. The Balaban J connectivity index is 2.05. The van der Waals surface area contributed by atoms with Crippen LogP contribution in [0.3, 0.4) is 0 Å². The van der Waals surface area contributed by atoms with Gasteiger partial charge in [-0.25, -0.2) is 0 Å². The fraction of sp³-hybridized carbons (Fsp3) is 0.417. The van der Waals surface area contributed by atoms with Gasteiger partial charge in [0, 0.05) is 11.7 Å². The molecular formula is C12H15ClN2O2. The molecule has 92 valence electrons. The monoisotopic (exact) mass is 254 g/mol. The van der Waals surface area contributed by atoms with Gasteiger partial charge in [0.2, 0.25) is 5.91 Å². The number of nitrogens with one attached hydrogen (secondary N) is 1. The highest BCUT2D eigenvalue weighted by Crippen LogP contribution is 2.28. The highest BCUT2D eigenvalue weighted by Gasteiger charge is 2.30. The van der Waals surface area contributed by atoms with Crippen molar-refractivity contribution in [1.82, 2.24) is 0 Å².